The van der Waals surface area contributed by atoms with E-state index in [0.717, 1.165) is 0 Å². The lowest BCUT2D eigenvalue weighted by atomic mass is 10.0. The third kappa shape index (κ3) is 0.853. The van der Waals surface area contributed by atoms with Gasteiger partial charge in [0.2, 0.25) is 0 Å². The first-order chi connectivity index (χ1) is 4.55. The summed E-state index contributed by atoms with van der Waals surface area (Å²) in [5.41, 5.74) is 1.92. The Hall–Kier alpha value is -1.06. The number of carbonyl (C=O) groups excluding carboxylic acids is 1. The summed E-state index contributed by atoms with van der Waals surface area (Å²) in [7, 11) is 1.82. The molecular formula is C6H11N3O. The van der Waals surface area contributed by atoms with Crippen LogP contribution < -0.4 is 5.43 Å². The fourth-order valence-electron chi connectivity index (χ4n) is 0.615. The molecule has 10 heavy (non-hydrogen) atoms. The van der Waals surface area contributed by atoms with Gasteiger partial charge < -0.3 is 4.90 Å². The van der Waals surface area contributed by atoms with E-state index >= 15 is 0 Å². The monoisotopic (exact) mass is 141 g/mol. The number of nitrogens with one attached hydrogen (secondary N) is 1. The molecule has 0 atom stereocenters. The number of amides is 1. The van der Waals surface area contributed by atoms with Crippen LogP contribution in [-0.2, 0) is 4.79 Å². The fourth-order valence-corrected chi connectivity index (χ4v) is 0.615. The van der Waals surface area contributed by atoms with Crippen LogP contribution in [0.15, 0.2) is 5.10 Å². The highest BCUT2D eigenvalue weighted by Crippen LogP contribution is 2.12. The number of hydrogen-bond acceptors (Lipinski definition) is 3. The second-order valence-electron chi connectivity index (χ2n) is 2.86. The van der Waals surface area contributed by atoms with Crippen molar-refractivity contribution in [3.63, 3.8) is 0 Å². The van der Waals surface area contributed by atoms with Crippen molar-refractivity contribution in [3.05, 3.63) is 0 Å². The third-order valence-electron chi connectivity index (χ3n) is 1.83. The van der Waals surface area contributed by atoms with E-state index in [1.807, 2.05) is 20.9 Å². The van der Waals surface area contributed by atoms with Crippen molar-refractivity contribution >= 4 is 12.2 Å². The molecule has 0 radical (unpaired) electrons. The summed E-state index contributed by atoms with van der Waals surface area (Å²) >= 11 is 0. The van der Waals surface area contributed by atoms with Crippen LogP contribution in [0.3, 0.4) is 0 Å². The van der Waals surface area contributed by atoms with Crippen molar-refractivity contribution in [2.75, 3.05) is 7.05 Å². The number of hydrazone groups is 1. The van der Waals surface area contributed by atoms with E-state index < -0.39 is 5.54 Å². The molecule has 1 aliphatic heterocycles. The zero-order valence-corrected chi connectivity index (χ0v) is 6.38. The standard InChI is InChI=1S/C6H11N3O/c1-6(2)5(10)8-7-4-9(6)3/h4H,1-3H3,(H,8,10). The number of nitrogens with zero attached hydrogens (tertiary/aromatic N) is 2. The largest absolute Gasteiger partial charge is 0.350 e. The first kappa shape index (κ1) is 7.05. The summed E-state index contributed by atoms with van der Waals surface area (Å²) in [5.74, 6) is -0.0718. The topological polar surface area (TPSA) is 44.7 Å². The second-order valence-corrected chi connectivity index (χ2v) is 2.86. The minimum absolute atomic E-state index is 0.0718. The zero-order valence-electron chi connectivity index (χ0n) is 6.38. The molecular weight excluding hydrogens is 130 g/mol. The molecule has 0 spiro atoms. The first-order valence-electron chi connectivity index (χ1n) is 3.11. The molecule has 4 nitrogen and oxygen atoms in total. The normalized spacial score (nSPS) is 22.7. The van der Waals surface area contributed by atoms with E-state index in [4.69, 9.17) is 0 Å². The van der Waals surface area contributed by atoms with Crippen LogP contribution in [0, 0.1) is 0 Å². The van der Waals surface area contributed by atoms with Gasteiger partial charge in [0.05, 0.1) is 0 Å². The molecule has 0 saturated carbocycles. The van der Waals surface area contributed by atoms with Crippen LogP contribution >= 0.6 is 0 Å². The predicted octanol–water partition coefficient (Wildman–Crippen LogP) is -0.230. The molecule has 1 amide bonds. The third-order valence-corrected chi connectivity index (χ3v) is 1.83. The van der Waals surface area contributed by atoms with E-state index in [1.54, 1.807) is 11.2 Å². The van der Waals surface area contributed by atoms with Gasteiger partial charge in [0, 0.05) is 7.05 Å². The van der Waals surface area contributed by atoms with Crippen LogP contribution in [0.2, 0.25) is 0 Å². The highest BCUT2D eigenvalue weighted by Gasteiger charge is 2.33. The lowest BCUT2D eigenvalue weighted by Crippen LogP contribution is -2.55. The molecule has 1 N–H and O–H groups in total. The van der Waals surface area contributed by atoms with Crippen molar-refractivity contribution < 1.29 is 4.79 Å². The van der Waals surface area contributed by atoms with Gasteiger partial charge in [-0.3, -0.25) is 4.79 Å². The molecule has 1 aliphatic rings. The zero-order chi connectivity index (χ0) is 7.78. The molecule has 0 unspecified atom stereocenters. The Morgan fingerprint density at radius 3 is 2.70 bits per heavy atom. The number of likely N-dealkylation sites (N-methyl/N-ethyl adjacent to an activating group) is 1. The molecule has 56 valence electrons. The molecule has 0 aromatic rings. The Bertz CT molecular complexity index is 185. The smallest absolute Gasteiger partial charge is 0.265 e. The van der Waals surface area contributed by atoms with Crippen LogP contribution in [0.25, 0.3) is 0 Å². The van der Waals surface area contributed by atoms with Gasteiger partial charge in [0.1, 0.15) is 11.9 Å². The van der Waals surface area contributed by atoms with Crippen molar-refractivity contribution in [3.8, 4) is 0 Å². The van der Waals surface area contributed by atoms with Gasteiger partial charge in [-0.05, 0) is 13.8 Å². The number of carbonyl (C=O) groups is 1. The number of hydrogen-bond donors (Lipinski definition) is 1. The van der Waals surface area contributed by atoms with Gasteiger partial charge in [-0.2, -0.15) is 5.10 Å². The van der Waals surface area contributed by atoms with E-state index in [2.05, 4.69) is 10.5 Å². The maximum atomic E-state index is 11.1. The fraction of sp³-hybridized carbons (Fsp3) is 0.667. The Morgan fingerprint density at radius 2 is 2.30 bits per heavy atom. The highest BCUT2D eigenvalue weighted by molar-refractivity contribution is 5.89. The molecule has 1 heterocycles. The Balaban J connectivity index is 2.89. The quantitative estimate of drug-likeness (QED) is 0.506. The van der Waals surface area contributed by atoms with Gasteiger partial charge in [0.15, 0.2) is 0 Å². The first-order valence-corrected chi connectivity index (χ1v) is 3.11. The lowest BCUT2D eigenvalue weighted by Gasteiger charge is -2.34. The molecule has 0 aromatic heterocycles. The summed E-state index contributed by atoms with van der Waals surface area (Å²) in [6.07, 6.45) is 1.60. The SMILES string of the molecule is CN1C=NNC(=O)C1(C)C. The van der Waals surface area contributed by atoms with Crippen molar-refractivity contribution in [1.82, 2.24) is 10.3 Å². The number of rotatable bonds is 0. The van der Waals surface area contributed by atoms with Gasteiger partial charge in [-0.15, -0.1) is 0 Å². The van der Waals surface area contributed by atoms with Gasteiger partial charge >= 0.3 is 0 Å². The summed E-state index contributed by atoms with van der Waals surface area (Å²) in [4.78, 5) is 12.8. The van der Waals surface area contributed by atoms with Gasteiger partial charge in [-0.1, -0.05) is 0 Å². The summed E-state index contributed by atoms with van der Waals surface area (Å²) < 4.78 is 0. The summed E-state index contributed by atoms with van der Waals surface area (Å²) in [6, 6.07) is 0. The van der Waals surface area contributed by atoms with Crippen LogP contribution in [0.1, 0.15) is 13.8 Å². The lowest BCUT2D eigenvalue weighted by molar-refractivity contribution is -0.129. The van der Waals surface area contributed by atoms with Gasteiger partial charge in [0.25, 0.3) is 5.91 Å². The predicted molar refractivity (Wildman–Crippen MR) is 38.5 cm³/mol. The molecule has 0 saturated heterocycles. The van der Waals surface area contributed by atoms with Gasteiger partial charge in [-0.25, -0.2) is 5.43 Å². The molecule has 0 aliphatic carbocycles. The Kier molecular flexibility index (Phi) is 1.39. The minimum atomic E-state index is -0.470. The Morgan fingerprint density at radius 1 is 1.70 bits per heavy atom. The van der Waals surface area contributed by atoms with E-state index in [0.29, 0.717) is 0 Å². The van der Waals surface area contributed by atoms with Crippen molar-refractivity contribution in [2.45, 2.75) is 19.4 Å². The maximum Gasteiger partial charge on any atom is 0.265 e. The molecule has 4 heteroatoms. The van der Waals surface area contributed by atoms with Crippen LogP contribution in [0.4, 0.5) is 0 Å². The molecule has 0 aromatic carbocycles. The minimum Gasteiger partial charge on any atom is -0.350 e. The second kappa shape index (κ2) is 1.97. The molecule has 0 fully saturated rings. The average Bonchev–Trinajstić information content (AvgIpc) is 1.84. The molecule has 1 rings (SSSR count). The van der Waals surface area contributed by atoms with E-state index in [9.17, 15) is 4.79 Å². The van der Waals surface area contributed by atoms with E-state index in [-0.39, 0.29) is 5.91 Å². The summed E-state index contributed by atoms with van der Waals surface area (Å²) in [5, 5.41) is 3.64. The van der Waals surface area contributed by atoms with Crippen LogP contribution in [-0.4, -0.2) is 29.7 Å². The summed E-state index contributed by atoms with van der Waals surface area (Å²) in [6.45, 7) is 3.68. The average molecular weight is 141 g/mol. The Labute approximate surface area is 59.9 Å². The highest BCUT2D eigenvalue weighted by atomic mass is 16.2. The maximum absolute atomic E-state index is 11.1. The van der Waals surface area contributed by atoms with Crippen molar-refractivity contribution in [2.24, 2.45) is 5.10 Å². The van der Waals surface area contributed by atoms with Crippen molar-refractivity contribution in [1.29, 1.82) is 0 Å². The molecule has 0 bridgehead atoms. The van der Waals surface area contributed by atoms with E-state index in [1.165, 1.54) is 0 Å². The van der Waals surface area contributed by atoms with Crippen LogP contribution in [0.5, 0.6) is 0 Å².